The molecule has 0 aliphatic carbocycles. The molecule has 1 aliphatic heterocycles. The van der Waals surface area contributed by atoms with E-state index in [1.54, 1.807) is 0 Å². The molecule has 0 unspecified atom stereocenters. The highest BCUT2D eigenvalue weighted by molar-refractivity contribution is 6.36. The molecule has 1 heterocycles. The van der Waals surface area contributed by atoms with Crippen LogP contribution in [0.2, 0.25) is 10.0 Å². The van der Waals surface area contributed by atoms with E-state index in [-0.39, 0.29) is 5.91 Å². The molecular formula is C14H18Cl2N2O. The Hall–Kier alpha value is -0.770. The Labute approximate surface area is 124 Å². The number of halogens is 2. The van der Waals surface area contributed by atoms with Crippen molar-refractivity contribution in [2.75, 3.05) is 33.2 Å². The Morgan fingerprint density at radius 2 is 1.74 bits per heavy atom. The molecule has 2 rings (SSSR count). The fourth-order valence-electron chi connectivity index (χ4n) is 2.22. The van der Waals surface area contributed by atoms with Crippen molar-refractivity contribution >= 4 is 29.1 Å². The second-order valence-corrected chi connectivity index (χ2v) is 5.70. The second kappa shape index (κ2) is 6.60. The fraction of sp³-hybridized carbons (Fsp3) is 0.500. The largest absolute Gasteiger partial charge is 0.340 e. The Bertz CT molecular complexity index is 437. The average Bonchev–Trinajstić information content (AvgIpc) is 2.38. The molecule has 1 aromatic rings. The van der Waals surface area contributed by atoms with E-state index in [0.29, 0.717) is 22.9 Å². The summed E-state index contributed by atoms with van der Waals surface area (Å²) in [7, 11) is 2.07. The summed E-state index contributed by atoms with van der Waals surface area (Å²) < 4.78 is 0. The van der Waals surface area contributed by atoms with Crippen molar-refractivity contribution < 1.29 is 4.79 Å². The molecule has 1 amide bonds. The van der Waals surface area contributed by atoms with Gasteiger partial charge in [-0.25, -0.2) is 0 Å². The van der Waals surface area contributed by atoms with E-state index in [9.17, 15) is 4.79 Å². The molecule has 0 radical (unpaired) electrons. The first-order valence-electron chi connectivity index (χ1n) is 6.47. The molecule has 1 aliphatic rings. The molecule has 1 aromatic carbocycles. The Morgan fingerprint density at radius 1 is 1.16 bits per heavy atom. The van der Waals surface area contributed by atoms with E-state index in [1.165, 1.54) is 0 Å². The zero-order valence-corrected chi connectivity index (χ0v) is 12.5. The van der Waals surface area contributed by atoms with Crippen LogP contribution in [0.5, 0.6) is 0 Å². The topological polar surface area (TPSA) is 23.6 Å². The van der Waals surface area contributed by atoms with E-state index in [4.69, 9.17) is 23.2 Å². The molecule has 0 saturated carbocycles. The number of carbonyl (C=O) groups is 1. The van der Waals surface area contributed by atoms with Crippen molar-refractivity contribution in [3.63, 3.8) is 0 Å². The first-order valence-corrected chi connectivity index (χ1v) is 7.22. The van der Waals surface area contributed by atoms with Crippen LogP contribution in [0.3, 0.4) is 0 Å². The molecule has 1 saturated heterocycles. The van der Waals surface area contributed by atoms with Gasteiger partial charge in [-0.05, 0) is 31.2 Å². The summed E-state index contributed by atoms with van der Waals surface area (Å²) in [4.78, 5) is 16.3. The van der Waals surface area contributed by atoms with Crippen LogP contribution in [0.15, 0.2) is 18.2 Å². The van der Waals surface area contributed by atoms with Crippen LogP contribution in [-0.4, -0.2) is 48.9 Å². The van der Waals surface area contributed by atoms with E-state index in [2.05, 4.69) is 11.9 Å². The third kappa shape index (κ3) is 3.85. The average molecular weight is 301 g/mol. The summed E-state index contributed by atoms with van der Waals surface area (Å²) in [6.45, 7) is 3.51. The highest BCUT2D eigenvalue weighted by atomic mass is 35.5. The van der Waals surface area contributed by atoms with Crippen LogP contribution >= 0.6 is 23.2 Å². The lowest BCUT2D eigenvalue weighted by Crippen LogP contribution is -2.47. The van der Waals surface area contributed by atoms with Crippen molar-refractivity contribution in [2.45, 2.75) is 12.8 Å². The zero-order chi connectivity index (χ0) is 13.8. The molecule has 1 fully saturated rings. The Balaban J connectivity index is 1.90. The van der Waals surface area contributed by atoms with Gasteiger partial charge in [0.05, 0.1) is 0 Å². The van der Waals surface area contributed by atoms with Crippen molar-refractivity contribution in [1.29, 1.82) is 0 Å². The van der Waals surface area contributed by atoms with E-state index < -0.39 is 0 Å². The number of hydrogen-bond donors (Lipinski definition) is 0. The number of rotatable bonds is 3. The summed E-state index contributed by atoms with van der Waals surface area (Å²) in [5.74, 6) is 0.184. The highest BCUT2D eigenvalue weighted by Gasteiger charge is 2.19. The second-order valence-electron chi connectivity index (χ2n) is 4.88. The predicted octanol–water partition coefficient (Wildman–Crippen LogP) is 2.70. The first-order chi connectivity index (χ1) is 9.08. The fourth-order valence-corrected chi connectivity index (χ4v) is 2.80. The maximum absolute atomic E-state index is 12.1. The van der Waals surface area contributed by atoms with E-state index in [0.717, 1.165) is 31.7 Å². The minimum absolute atomic E-state index is 0.184. The summed E-state index contributed by atoms with van der Waals surface area (Å²) in [5, 5.41) is 1.28. The number of piperazine rings is 1. The van der Waals surface area contributed by atoms with Crippen molar-refractivity contribution in [3.8, 4) is 0 Å². The normalized spacial score (nSPS) is 16.7. The van der Waals surface area contributed by atoms with Gasteiger partial charge in [0.1, 0.15) is 0 Å². The minimum Gasteiger partial charge on any atom is -0.340 e. The molecule has 19 heavy (non-hydrogen) atoms. The van der Waals surface area contributed by atoms with Gasteiger partial charge >= 0.3 is 0 Å². The molecule has 0 atom stereocenters. The minimum atomic E-state index is 0.184. The van der Waals surface area contributed by atoms with Gasteiger partial charge in [-0.15, -0.1) is 0 Å². The third-order valence-corrected chi connectivity index (χ3v) is 4.21. The summed E-state index contributed by atoms with van der Waals surface area (Å²) >= 11 is 12.2. The van der Waals surface area contributed by atoms with Crippen molar-refractivity contribution in [3.05, 3.63) is 33.8 Å². The van der Waals surface area contributed by atoms with Gasteiger partial charge in [0, 0.05) is 42.6 Å². The van der Waals surface area contributed by atoms with Gasteiger partial charge in [-0.2, -0.15) is 0 Å². The van der Waals surface area contributed by atoms with Crippen molar-refractivity contribution in [1.82, 2.24) is 9.80 Å². The molecule has 104 valence electrons. The molecule has 5 heteroatoms. The quantitative estimate of drug-likeness (QED) is 0.857. The van der Waals surface area contributed by atoms with Gasteiger partial charge in [-0.3, -0.25) is 4.79 Å². The van der Waals surface area contributed by atoms with Gasteiger partial charge in [-0.1, -0.05) is 29.3 Å². The monoisotopic (exact) mass is 300 g/mol. The standard InChI is InChI=1S/C14H18Cl2N2O/c1-17-7-9-18(10-8-17)14(19)6-5-11-12(15)3-2-4-13(11)16/h2-4H,5-10H2,1H3. The van der Waals surface area contributed by atoms with Crippen LogP contribution < -0.4 is 0 Å². The van der Waals surface area contributed by atoms with Crippen LogP contribution in [-0.2, 0) is 11.2 Å². The van der Waals surface area contributed by atoms with Crippen molar-refractivity contribution in [2.24, 2.45) is 0 Å². The number of benzene rings is 1. The lowest BCUT2D eigenvalue weighted by molar-refractivity contribution is -0.132. The van der Waals surface area contributed by atoms with Crippen LogP contribution in [0.1, 0.15) is 12.0 Å². The number of amides is 1. The highest BCUT2D eigenvalue weighted by Crippen LogP contribution is 2.25. The number of hydrogen-bond acceptors (Lipinski definition) is 2. The van der Waals surface area contributed by atoms with Gasteiger partial charge < -0.3 is 9.80 Å². The van der Waals surface area contributed by atoms with Crippen LogP contribution in [0.25, 0.3) is 0 Å². The van der Waals surface area contributed by atoms with Crippen LogP contribution in [0, 0.1) is 0 Å². The summed E-state index contributed by atoms with van der Waals surface area (Å²) in [6, 6.07) is 5.43. The molecule has 0 bridgehead atoms. The predicted molar refractivity (Wildman–Crippen MR) is 78.9 cm³/mol. The first kappa shape index (κ1) is 14.6. The molecule has 0 N–H and O–H groups in total. The Kier molecular flexibility index (Phi) is 5.08. The SMILES string of the molecule is CN1CCN(C(=O)CCc2c(Cl)cccc2Cl)CC1. The number of likely N-dealkylation sites (N-methyl/N-ethyl adjacent to an activating group) is 1. The van der Waals surface area contributed by atoms with Crippen LogP contribution in [0.4, 0.5) is 0 Å². The Morgan fingerprint density at radius 3 is 2.32 bits per heavy atom. The lowest BCUT2D eigenvalue weighted by atomic mass is 10.1. The molecule has 0 spiro atoms. The lowest BCUT2D eigenvalue weighted by Gasteiger charge is -2.32. The maximum atomic E-state index is 12.1. The van der Waals surface area contributed by atoms with E-state index in [1.807, 2.05) is 23.1 Å². The van der Waals surface area contributed by atoms with Gasteiger partial charge in [0.2, 0.25) is 5.91 Å². The molecule has 3 nitrogen and oxygen atoms in total. The third-order valence-electron chi connectivity index (χ3n) is 3.51. The van der Waals surface area contributed by atoms with Gasteiger partial charge in [0.15, 0.2) is 0 Å². The summed E-state index contributed by atoms with van der Waals surface area (Å²) in [5.41, 5.74) is 0.869. The van der Waals surface area contributed by atoms with E-state index >= 15 is 0 Å². The molecular weight excluding hydrogens is 283 g/mol. The summed E-state index contributed by atoms with van der Waals surface area (Å²) in [6.07, 6.45) is 1.07. The smallest absolute Gasteiger partial charge is 0.222 e. The number of carbonyl (C=O) groups excluding carboxylic acids is 1. The zero-order valence-electron chi connectivity index (χ0n) is 11.0. The number of nitrogens with zero attached hydrogens (tertiary/aromatic N) is 2. The van der Waals surface area contributed by atoms with Gasteiger partial charge in [0.25, 0.3) is 0 Å². The maximum Gasteiger partial charge on any atom is 0.222 e. The molecule has 0 aromatic heterocycles.